The fourth-order valence-corrected chi connectivity index (χ4v) is 7.38. The zero-order chi connectivity index (χ0) is 49.3. The van der Waals surface area contributed by atoms with E-state index in [-0.39, 0.29) is 31.1 Å². The van der Waals surface area contributed by atoms with Crippen molar-refractivity contribution in [3.8, 4) is 0 Å². The summed E-state index contributed by atoms with van der Waals surface area (Å²) in [5, 5.41) is 0. The standard InChI is InChI=1S/C62H102O6/c1-4-7-10-13-16-19-22-25-28-30-31-32-35-37-40-43-46-49-52-55-61(64)67-58-59(57-66-60(63)54-51-48-45-42-39-36-33-27-24-21-18-15-12-9-6-3)68-62(65)56-53-50-47-44-41-38-34-29-26-23-20-17-14-11-8-5-2/h7-8,10-11,16-21,24-29,31-32,59H,4-6,9,12-15,22-23,30,33-58H2,1-3H3/b10-7-,11-8-,19-16-,20-17-,21-18-,27-24-,28-25-,29-26-,32-31-. The Kier molecular flexibility index (Phi) is 52.4. The van der Waals surface area contributed by atoms with Gasteiger partial charge in [0.2, 0.25) is 0 Å². The minimum Gasteiger partial charge on any atom is -0.462 e. The molecule has 0 heterocycles. The summed E-state index contributed by atoms with van der Waals surface area (Å²) in [5.74, 6) is -0.935. The first-order chi connectivity index (χ1) is 33.5. The molecule has 68 heavy (non-hydrogen) atoms. The normalized spacial score (nSPS) is 12.9. The molecule has 0 N–H and O–H groups in total. The van der Waals surface area contributed by atoms with E-state index in [2.05, 4.69) is 130 Å². The fourth-order valence-electron chi connectivity index (χ4n) is 7.38. The molecule has 0 fully saturated rings. The van der Waals surface area contributed by atoms with Gasteiger partial charge in [-0.05, 0) is 116 Å². The Morgan fingerprint density at radius 3 is 0.985 bits per heavy atom. The van der Waals surface area contributed by atoms with Crippen LogP contribution in [-0.2, 0) is 28.6 Å². The lowest BCUT2D eigenvalue weighted by Gasteiger charge is -2.18. The van der Waals surface area contributed by atoms with Gasteiger partial charge in [0.15, 0.2) is 6.10 Å². The monoisotopic (exact) mass is 943 g/mol. The number of rotatable bonds is 49. The summed E-state index contributed by atoms with van der Waals surface area (Å²) in [6, 6.07) is 0. The molecule has 0 aromatic heterocycles. The first-order valence-electron chi connectivity index (χ1n) is 27.9. The van der Waals surface area contributed by atoms with Crippen molar-refractivity contribution < 1.29 is 28.6 Å². The van der Waals surface area contributed by atoms with Gasteiger partial charge in [0.05, 0.1) is 0 Å². The average molecular weight is 943 g/mol. The van der Waals surface area contributed by atoms with E-state index in [0.717, 1.165) is 135 Å². The predicted octanol–water partition coefficient (Wildman–Crippen LogP) is 18.7. The minimum absolute atomic E-state index is 0.0960. The van der Waals surface area contributed by atoms with Gasteiger partial charge in [-0.15, -0.1) is 0 Å². The van der Waals surface area contributed by atoms with E-state index in [1.165, 1.54) is 70.6 Å². The van der Waals surface area contributed by atoms with Gasteiger partial charge in [0, 0.05) is 19.3 Å². The van der Waals surface area contributed by atoms with Crippen LogP contribution in [0.1, 0.15) is 245 Å². The molecule has 0 aliphatic carbocycles. The van der Waals surface area contributed by atoms with E-state index in [1.807, 2.05) is 0 Å². The number of allylic oxidation sites excluding steroid dienone is 18. The van der Waals surface area contributed by atoms with E-state index in [1.54, 1.807) is 0 Å². The second kappa shape index (κ2) is 55.7. The first kappa shape index (κ1) is 64.1. The van der Waals surface area contributed by atoms with E-state index >= 15 is 0 Å². The molecular weight excluding hydrogens is 841 g/mol. The van der Waals surface area contributed by atoms with Gasteiger partial charge < -0.3 is 14.2 Å². The van der Waals surface area contributed by atoms with E-state index in [4.69, 9.17) is 14.2 Å². The molecule has 0 saturated heterocycles. The van der Waals surface area contributed by atoms with Crippen LogP contribution in [0.2, 0.25) is 0 Å². The van der Waals surface area contributed by atoms with Crippen LogP contribution in [-0.4, -0.2) is 37.2 Å². The zero-order valence-electron chi connectivity index (χ0n) is 44.1. The molecule has 0 saturated carbocycles. The zero-order valence-corrected chi connectivity index (χ0v) is 44.1. The molecular formula is C62H102O6. The van der Waals surface area contributed by atoms with Crippen LogP contribution in [0.5, 0.6) is 0 Å². The molecule has 6 nitrogen and oxygen atoms in total. The van der Waals surface area contributed by atoms with Crippen LogP contribution in [0, 0.1) is 0 Å². The Balaban J connectivity index is 4.46. The van der Waals surface area contributed by atoms with E-state index in [9.17, 15) is 14.4 Å². The number of ether oxygens (including phenoxy) is 3. The van der Waals surface area contributed by atoms with Crippen molar-refractivity contribution in [1.82, 2.24) is 0 Å². The third-order valence-corrected chi connectivity index (χ3v) is 11.5. The number of carbonyl (C=O) groups is 3. The summed E-state index contributed by atoms with van der Waals surface area (Å²) < 4.78 is 16.8. The first-order valence-corrected chi connectivity index (χ1v) is 27.9. The summed E-state index contributed by atoms with van der Waals surface area (Å²) in [6.07, 6.45) is 74.9. The molecule has 1 atom stereocenters. The van der Waals surface area contributed by atoms with Crippen LogP contribution in [0.3, 0.4) is 0 Å². The summed E-state index contributed by atoms with van der Waals surface area (Å²) >= 11 is 0. The summed E-state index contributed by atoms with van der Waals surface area (Å²) in [7, 11) is 0. The van der Waals surface area contributed by atoms with Crippen molar-refractivity contribution in [3.05, 3.63) is 109 Å². The number of hydrogen-bond donors (Lipinski definition) is 0. The maximum absolute atomic E-state index is 12.8. The van der Waals surface area contributed by atoms with Crippen LogP contribution >= 0.6 is 0 Å². The highest BCUT2D eigenvalue weighted by molar-refractivity contribution is 5.71. The molecule has 6 heteroatoms. The number of esters is 3. The lowest BCUT2D eigenvalue weighted by Crippen LogP contribution is -2.30. The Morgan fingerprint density at radius 2 is 0.618 bits per heavy atom. The van der Waals surface area contributed by atoms with Gasteiger partial charge >= 0.3 is 17.9 Å². The quantitative estimate of drug-likeness (QED) is 0.0199. The highest BCUT2D eigenvalue weighted by atomic mass is 16.6. The van der Waals surface area contributed by atoms with Gasteiger partial charge in [0.25, 0.3) is 0 Å². The largest absolute Gasteiger partial charge is 0.462 e. The van der Waals surface area contributed by atoms with Crippen LogP contribution in [0.4, 0.5) is 0 Å². The Hall–Kier alpha value is -3.93. The second-order valence-corrected chi connectivity index (χ2v) is 18.1. The van der Waals surface area contributed by atoms with Crippen molar-refractivity contribution in [2.24, 2.45) is 0 Å². The highest BCUT2D eigenvalue weighted by Crippen LogP contribution is 2.14. The second-order valence-electron chi connectivity index (χ2n) is 18.1. The van der Waals surface area contributed by atoms with Gasteiger partial charge in [-0.25, -0.2) is 0 Å². The molecule has 0 aliphatic heterocycles. The molecule has 0 spiro atoms. The molecule has 0 amide bonds. The summed E-state index contributed by atoms with van der Waals surface area (Å²) in [4.78, 5) is 38.1. The van der Waals surface area contributed by atoms with Gasteiger partial charge in [0.1, 0.15) is 13.2 Å². The van der Waals surface area contributed by atoms with Gasteiger partial charge in [-0.3, -0.25) is 14.4 Å². The molecule has 0 aromatic rings. The van der Waals surface area contributed by atoms with E-state index in [0.29, 0.717) is 19.3 Å². The lowest BCUT2D eigenvalue weighted by molar-refractivity contribution is -0.167. The summed E-state index contributed by atoms with van der Waals surface area (Å²) in [5.41, 5.74) is 0. The Morgan fingerprint density at radius 1 is 0.324 bits per heavy atom. The fraction of sp³-hybridized carbons (Fsp3) is 0.661. The lowest BCUT2D eigenvalue weighted by atomic mass is 10.1. The Bertz CT molecular complexity index is 1410. The van der Waals surface area contributed by atoms with Crippen molar-refractivity contribution in [1.29, 1.82) is 0 Å². The highest BCUT2D eigenvalue weighted by Gasteiger charge is 2.19. The van der Waals surface area contributed by atoms with Gasteiger partial charge in [-0.1, -0.05) is 220 Å². The SMILES string of the molecule is CC/C=C\C/C=C\C/C=C\C/C=C\CCCCCCCCC(=O)OCC(COC(=O)CCCCCCCC/C=C\C=C/CCCCC)OC(=O)CCCCCCCC/C=C\C/C=C\C/C=C\CC. The minimum atomic E-state index is -0.798. The topological polar surface area (TPSA) is 78.9 Å². The average Bonchev–Trinajstić information content (AvgIpc) is 3.34. The number of hydrogen-bond acceptors (Lipinski definition) is 6. The van der Waals surface area contributed by atoms with Crippen molar-refractivity contribution in [2.45, 2.75) is 252 Å². The molecule has 0 aromatic carbocycles. The van der Waals surface area contributed by atoms with Crippen LogP contribution < -0.4 is 0 Å². The van der Waals surface area contributed by atoms with Crippen LogP contribution in [0.25, 0.3) is 0 Å². The molecule has 386 valence electrons. The molecule has 0 bridgehead atoms. The smallest absolute Gasteiger partial charge is 0.306 e. The maximum Gasteiger partial charge on any atom is 0.306 e. The number of unbranched alkanes of at least 4 members (excludes halogenated alkanes) is 21. The molecule has 0 aliphatic rings. The van der Waals surface area contributed by atoms with E-state index < -0.39 is 6.10 Å². The van der Waals surface area contributed by atoms with Crippen molar-refractivity contribution in [2.75, 3.05) is 13.2 Å². The third-order valence-electron chi connectivity index (χ3n) is 11.5. The molecule has 0 radical (unpaired) electrons. The predicted molar refractivity (Wildman–Crippen MR) is 293 cm³/mol. The molecule has 1 unspecified atom stereocenters. The van der Waals surface area contributed by atoms with Gasteiger partial charge in [-0.2, -0.15) is 0 Å². The third kappa shape index (κ3) is 53.0. The van der Waals surface area contributed by atoms with Crippen molar-refractivity contribution >= 4 is 17.9 Å². The van der Waals surface area contributed by atoms with Crippen molar-refractivity contribution in [3.63, 3.8) is 0 Å². The summed E-state index contributed by atoms with van der Waals surface area (Å²) in [6.45, 7) is 6.35. The number of carbonyl (C=O) groups excluding carboxylic acids is 3. The molecule has 0 rings (SSSR count). The van der Waals surface area contributed by atoms with Crippen LogP contribution in [0.15, 0.2) is 109 Å². The maximum atomic E-state index is 12.8. The Labute approximate surface area is 419 Å².